The average Bonchev–Trinajstić information content (AvgIpc) is 3.49. The van der Waals surface area contributed by atoms with Crippen molar-refractivity contribution in [3.05, 3.63) is 64.4 Å². The van der Waals surface area contributed by atoms with Gasteiger partial charge in [-0.1, -0.05) is 0 Å². The van der Waals surface area contributed by atoms with Crippen LogP contribution in [0.2, 0.25) is 0 Å². The largest absolute Gasteiger partial charge is 0.467 e. The molecule has 0 saturated carbocycles. The number of rotatable bonds is 7. The number of nitrogens with zero attached hydrogens (tertiary/aromatic N) is 4. The minimum absolute atomic E-state index is 0.00734. The van der Waals surface area contributed by atoms with Gasteiger partial charge in [0.1, 0.15) is 5.76 Å². The Balaban J connectivity index is 1.31. The summed E-state index contributed by atoms with van der Waals surface area (Å²) >= 11 is 0. The molecule has 1 aliphatic rings. The maximum absolute atomic E-state index is 12.4. The molecule has 1 saturated heterocycles. The lowest BCUT2D eigenvalue weighted by atomic mass is 9.95. The van der Waals surface area contributed by atoms with Gasteiger partial charge in [-0.25, -0.2) is 0 Å². The number of nitro benzene ring substituents is 1. The molecule has 10 nitrogen and oxygen atoms in total. The van der Waals surface area contributed by atoms with Crippen LogP contribution in [-0.2, 0) is 11.3 Å². The second kappa shape index (κ2) is 9.09. The van der Waals surface area contributed by atoms with E-state index in [4.69, 9.17) is 8.83 Å². The second-order valence-electron chi connectivity index (χ2n) is 7.53. The van der Waals surface area contributed by atoms with Crippen molar-refractivity contribution in [3.8, 4) is 11.5 Å². The van der Waals surface area contributed by atoms with Crippen molar-refractivity contribution >= 4 is 11.6 Å². The molecule has 1 amide bonds. The summed E-state index contributed by atoms with van der Waals surface area (Å²) in [6.45, 7) is 3.88. The molecule has 0 radical (unpaired) electrons. The van der Waals surface area contributed by atoms with Crippen LogP contribution in [0, 0.1) is 16.0 Å². The number of hydrogen-bond acceptors (Lipinski definition) is 8. The predicted molar refractivity (Wildman–Crippen MR) is 110 cm³/mol. The quantitative estimate of drug-likeness (QED) is 0.451. The van der Waals surface area contributed by atoms with Crippen LogP contribution in [0.5, 0.6) is 0 Å². The Morgan fingerprint density at radius 3 is 2.65 bits per heavy atom. The van der Waals surface area contributed by atoms with E-state index >= 15 is 0 Å². The first-order valence-corrected chi connectivity index (χ1v) is 10.1. The summed E-state index contributed by atoms with van der Waals surface area (Å²) in [5, 5.41) is 22.0. The van der Waals surface area contributed by atoms with Gasteiger partial charge >= 0.3 is 0 Å². The van der Waals surface area contributed by atoms with Crippen LogP contribution < -0.4 is 5.32 Å². The van der Waals surface area contributed by atoms with Gasteiger partial charge in [0, 0.05) is 23.6 Å². The third-order valence-corrected chi connectivity index (χ3v) is 5.59. The van der Waals surface area contributed by atoms with E-state index in [2.05, 4.69) is 20.4 Å². The second-order valence-corrected chi connectivity index (χ2v) is 7.53. The summed E-state index contributed by atoms with van der Waals surface area (Å²) in [6, 6.07) is 9.53. The molecule has 0 bridgehead atoms. The van der Waals surface area contributed by atoms with E-state index < -0.39 is 4.92 Å². The van der Waals surface area contributed by atoms with Gasteiger partial charge in [0.2, 0.25) is 17.7 Å². The molecule has 2 aromatic heterocycles. The van der Waals surface area contributed by atoms with Gasteiger partial charge in [0.25, 0.3) is 5.69 Å². The molecular formula is C21H23N5O5. The lowest BCUT2D eigenvalue weighted by Crippen LogP contribution is -2.41. The highest BCUT2D eigenvalue weighted by Crippen LogP contribution is 2.28. The van der Waals surface area contributed by atoms with Gasteiger partial charge in [0.05, 0.1) is 23.8 Å². The van der Waals surface area contributed by atoms with Crippen molar-refractivity contribution in [2.24, 2.45) is 5.92 Å². The van der Waals surface area contributed by atoms with Crippen LogP contribution in [0.1, 0.15) is 37.5 Å². The lowest BCUT2D eigenvalue weighted by molar-refractivity contribution is -0.384. The number of aromatic nitrogens is 2. The van der Waals surface area contributed by atoms with Gasteiger partial charge in [-0.15, -0.1) is 10.2 Å². The smallest absolute Gasteiger partial charge is 0.269 e. The number of carbonyl (C=O) groups excluding carboxylic acids is 1. The molecule has 1 N–H and O–H groups in total. The van der Waals surface area contributed by atoms with E-state index in [1.165, 1.54) is 12.1 Å². The lowest BCUT2D eigenvalue weighted by Gasteiger charge is -2.33. The van der Waals surface area contributed by atoms with Crippen molar-refractivity contribution < 1.29 is 18.6 Å². The normalized spacial score (nSPS) is 16.2. The fourth-order valence-electron chi connectivity index (χ4n) is 3.68. The van der Waals surface area contributed by atoms with Gasteiger partial charge in [-0.2, -0.15) is 0 Å². The Kier molecular flexibility index (Phi) is 6.08. The molecule has 4 rings (SSSR count). The summed E-state index contributed by atoms with van der Waals surface area (Å²) in [6.07, 6.45) is 3.08. The molecule has 1 aromatic carbocycles. The highest BCUT2D eigenvalue weighted by molar-refractivity contribution is 5.78. The molecule has 3 heterocycles. The molecule has 1 aliphatic heterocycles. The van der Waals surface area contributed by atoms with E-state index in [0.29, 0.717) is 23.9 Å². The first kappa shape index (κ1) is 20.7. The number of non-ortho nitro benzene ring substituents is 1. The summed E-state index contributed by atoms with van der Waals surface area (Å²) in [5.41, 5.74) is 0.636. The fourth-order valence-corrected chi connectivity index (χ4v) is 3.68. The molecule has 1 atom stereocenters. The zero-order valence-corrected chi connectivity index (χ0v) is 17.1. The molecule has 1 fully saturated rings. The molecular weight excluding hydrogens is 402 g/mol. The van der Waals surface area contributed by atoms with Crippen LogP contribution >= 0.6 is 0 Å². The van der Waals surface area contributed by atoms with Crippen LogP contribution in [-0.4, -0.2) is 39.0 Å². The Labute approximate surface area is 178 Å². The zero-order chi connectivity index (χ0) is 21.8. The van der Waals surface area contributed by atoms with E-state index in [1.54, 1.807) is 24.5 Å². The third-order valence-electron chi connectivity index (χ3n) is 5.59. The number of carbonyl (C=O) groups is 1. The third kappa shape index (κ3) is 4.80. The molecule has 3 aromatic rings. The Hall–Kier alpha value is -3.53. The first-order chi connectivity index (χ1) is 15.0. The number of nitrogens with one attached hydrogen (secondary N) is 1. The number of likely N-dealkylation sites (tertiary alicyclic amines) is 1. The summed E-state index contributed by atoms with van der Waals surface area (Å²) < 4.78 is 11.1. The van der Waals surface area contributed by atoms with E-state index in [-0.39, 0.29) is 23.6 Å². The monoisotopic (exact) mass is 425 g/mol. The zero-order valence-electron chi connectivity index (χ0n) is 17.1. The number of benzene rings is 1. The summed E-state index contributed by atoms with van der Waals surface area (Å²) in [7, 11) is 0. The molecule has 31 heavy (non-hydrogen) atoms. The van der Waals surface area contributed by atoms with Crippen LogP contribution in [0.4, 0.5) is 5.69 Å². The van der Waals surface area contributed by atoms with Crippen LogP contribution in [0.15, 0.2) is 51.5 Å². The fraction of sp³-hybridized carbons (Fsp3) is 0.381. The Morgan fingerprint density at radius 1 is 1.26 bits per heavy atom. The Morgan fingerprint density at radius 2 is 2.00 bits per heavy atom. The Bertz CT molecular complexity index is 1020. The average molecular weight is 425 g/mol. The summed E-state index contributed by atoms with van der Waals surface area (Å²) in [4.78, 5) is 25.0. The number of hydrogen-bond donors (Lipinski definition) is 1. The number of nitro groups is 1. The summed E-state index contributed by atoms with van der Waals surface area (Å²) in [5.74, 6) is 1.55. The maximum atomic E-state index is 12.4. The number of furan rings is 1. The van der Waals surface area contributed by atoms with E-state index in [0.717, 1.165) is 31.7 Å². The molecule has 162 valence electrons. The topological polar surface area (TPSA) is 128 Å². The highest BCUT2D eigenvalue weighted by Gasteiger charge is 2.30. The van der Waals surface area contributed by atoms with E-state index in [1.807, 2.05) is 13.0 Å². The van der Waals surface area contributed by atoms with Gasteiger partial charge in [-0.05, 0) is 57.1 Å². The molecule has 1 unspecified atom stereocenters. The van der Waals surface area contributed by atoms with Crippen molar-refractivity contribution in [2.45, 2.75) is 32.4 Å². The van der Waals surface area contributed by atoms with Crippen LogP contribution in [0.25, 0.3) is 11.5 Å². The first-order valence-electron chi connectivity index (χ1n) is 10.1. The van der Waals surface area contributed by atoms with Crippen LogP contribution in [0.3, 0.4) is 0 Å². The predicted octanol–water partition coefficient (Wildman–Crippen LogP) is 3.33. The SMILES string of the molecule is CC(c1nnc(-c2ccc([N+](=O)[O-])cc2)o1)N1CCC(C(=O)NCc2ccco2)CC1. The highest BCUT2D eigenvalue weighted by atomic mass is 16.6. The minimum atomic E-state index is -0.452. The van der Waals surface area contributed by atoms with Gasteiger partial charge in [0.15, 0.2) is 0 Å². The molecule has 0 aliphatic carbocycles. The number of piperidine rings is 1. The van der Waals surface area contributed by atoms with Crippen molar-refractivity contribution in [3.63, 3.8) is 0 Å². The molecule has 0 spiro atoms. The van der Waals surface area contributed by atoms with Crippen molar-refractivity contribution in [1.29, 1.82) is 0 Å². The van der Waals surface area contributed by atoms with E-state index in [9.17, 15) is 14.9 Å². The van der Waals surface area contributed by atoms with Crippen molar-refractivity contribution in [1.82, 2.24) is 20.4 Å². The standard InChI is InChI=1S/C21H23N5O5/c1-14(20-23-24-21(31-20)16-4-6-17(7-5-16)26(28)29)25-10-8-15(9-11-25)19(27)22-13-18-3-2-12-30-18/h2-7,12,14-15H,8-11,13H2,1H3,(H,22,27). The van der Waals surface area contributed by atoms with Gasteiger partial charge < -0.3 is 14.2 Å². The van der Waals surface area contributed by atoms with Gasteiger partial charge in [-0.3, -0.25) is 19.8 Å². The minimum Gasteiger partial charge on any atom is -0.467 e. The van der Waals surface area contributed by atoms with Crippen molar-refractivity contribution in [2.75, 3.05) is 13.1 Å². The molecule has 10 heteroatoms. The maximum Gasteiger partial charge on any atom is 0.269 e. The number of amides is 1.